The molecule has 0 spiro atoms. The Labute approximate surface area is 186 Å². The summed E-state index contributed by atoms with van der Waals surface area (Å²) in [5.74, 6) is -0.825. The van der Waals surface area contributed by atoms with Gasteiger partial charge >= 0.3 is 5.97 Å². The number of rotatable bonds is 8. The van der Waals surface area contributed by atoms with Crippen molar-refractivity contribution in [2.45, 2.75) is 32.9 Å². The summed E-state index contributed by atoms with van der Waals surface area (Å²) in [4.78, 5) is 39.9. The molecule has 166 valence electrons. The summed E-state index contributed by atoms with van der Waals surface area (Å²) in [7, 11) is 1.67. The van der Waals surface area contributed by atoms with E-state index in [1.54, 1.807) is 45.2 Å². The van der Waals surface area contributed by atoms with Crippen LogP contribution in [0.5, 0.6) is 0 Å². The highest BCUT2D eigenvalue weighted by Gasteiger charge is 2.26. The second kappa shape index (κ2) is 10.4. The Hall–Kier alpha value is -3.94. The number of aryl methyl sites for hydroxylation is 1. The maximum atomic E-state index is 13.0. The van der Waals surface area contributed by atoms with E-state index < -0.39 is 18.0 Å². The number of hydrogen-bond acceptors (Lipinski definition) is 6. The fraction of sp³-hybridized carbons (Fsp3) is 0.250. The monoisotopic (exact) mass is 435 g/mol. The fourth-order valence-electron chi connectivity index (χ4n) is 3.13. The first-order chi connectivity index (χ1) is 15.4. The zero-order valence-electron chi connectivity index (χ0n) is 18.2. The van der Waals surface area contributed by atoms with Crippen molar-refractivity contribution in [1.82, 2.24) is 10.1 Å². The average molecular weight is 435 g/mol. The maximum absolute atomic E-state index is 13.0. The third-order valence-corrected chi connectivity index (χ3v) is 4.78. The summed E-state index contributed by atoms with van der Waals surface area (Å²) in [6.07, 6.45) is -0.803. The van der Waals surface area contributed by atoms with Gasteiger partial charge in [-0.25, -0.2) is 4.79 Å². The molecule has 0 saturated heterocycles. The number of carbonyl (C=O) groups is 3. The van der Waals surface area contributed by atoms with Crippen LogP contribution in [-0.2, 0) is 16.1 Å². The summed E-state index contributed by atoms with van der Waals surface area (Å²) < 4.78 is 10.4. The van der Waals surface area contributed by atoms with Crippen LogP contribution in [0.3, 0.4) is 0 Å². The molecule has 0 aliphatic rings. The molecular weight excluding hydrogens is 410 g/mol. The van der Waals surface area contributed by atoms with E-state index in [9.17, 15) is 14.4 Å². The van der Waals surface area contributed by atoms with E-state index in [-0.39, 0.29) is 29.3 Å². The molecule has 1 aromatic heterocycles. The number of hydrogen-bond donors (Lipinski definition) is 1. The Balaban J connectivity index is 1.72. The molecule has 0 fully saturated rings. The normalized spacial score (nSPS) is 11.5. The zero-order valence-corrected chi connectivity index (χ0v) is 18.2. The van der Waals surface area contributed by atoms with Gasteiger partial charge in [0.2, 0.25) is 0 Å². The van der Waals surface area contributed by atoms with E-state index >= 15 is 0 Å². The number of aromatic nitrogens is 1. The fourth-order valence-corrected chi connectivity index (χ4v) is 3.13. The second-order valence-corrected chi connectivity index (χ2v) is 7.31. The first-order valence-corrected chi connectivity index (χ1v) is 10.2. The molecule has 0 bridgehead atoms. The third-order valence-electron chi connectivity index (χ3n) is 4.78. The Morgan fingerprint density at radius 2 is 1.72 bits per heavy atom. The molecule has 1 N–H and O–H groups in total. The van der Waals surface area contributed by atoms with Crippen LogP contribution in [0.1, 0.15) is 45.4 Å². The molecule has 0 radical (unpaired) electrons. The van der Waals surface area contributed by atoms with Crippen molar-refractivity contribution in [2.24, 2.45) is 0 Å². The molecule has 3 aromatic rings. The molecule has 0 saturated carbocycles. The van der Waals surface area contributed by atoms with Gasteiger partial charge in [0.05, 0.1) is 11.1 Å². The SMILES string of the molecule is CCC(OC(=O)c1ccccc1C(=O)N(C)Cc1ccccc1)C(=O)Nc1cc(C)on1. The number of amides is 2. The highest BCUT2D eigenvalue weighted by molar-refractivity contribution is 6.06. The van der Waals surface area contributed by atoms with Gasteiger partial charge in [-0.2, -0.15) is 0 Å². The summed E-state index contributed by atoms with van der Waals surface area (Å²) in [5.41, 5.74) is 1.27. The van der Waals surface area contributed by atoms with Crippen LogP contribution in [-0.4, -0.2) is 41.0 Å². The zero-order chi connectivity index (χ0) is 23.1. The molecule has 1 heterocycles. The number of esters is 1. The highest BCUT2D eigenvalue weighted by atomic mass is 16.5. The van der Waals surface area contributed by atoms with E-state index in [1.165, 1.54) is 11.0 Å². The lowest BCUT2D eigenvalue weighted by molar-refractivity contribution is -0.124. The van der Waals surface area contributed by atoms with Gasteiger partial charge in [-0.05, 0) is 31.0 Å². The topological polar surface area (TPSA) is 102 Å². The molecule has 0 aliphatic carbocycles. The van der Waals surface area contributed by atoms with Gasteiger partial charge in [-0.1, -0.05) is 54.5 Å². The van der Waals surface area contributed by atoms with E-state index in [2.05, 4.69) is 10.5 Å². The van der Waals surface area contributed by atoms with Crippen LogP contribution in [0.15, 0.2) is 65.2 Å². The Bertz CT molecular complexity index is 1090. The van der Waals surface area contributed by atoms with Gasteiger partial charge in [-0.3, -0.25) is 9.59 Å². The smallest absolute Gasteiger partial charge is 0.339 e. The largest absolute Gasteiger partial charge is 0.449 e. The minimum Gasteiger partial charge on any atom is -0.449 e. The van der Waals surface area contributed by atoms with E-state index in [4.69, 9.17) is 9.26 Å². The van der Waals surface area contributed by atoms with Gasteiger partial charge in [-0.15, -0.1) is 0 Å². The molecule has 2 aromatic carbocycles. The average Bonchev–Trinajstić information content (AvgIpc) is 3.21. The van der Waals surface area contributed by atoms with Crippen molar-refractivity contribution in [1.29, 1.82) is 0 Å². The standard InChI is InChI=1S/C24H25N3O5/c1-4-20(22(28)25-21-14-16(2)32-26-21)31-24(30)19-13-9-8-12-18(19)23(29)27(3)15-17-10-6-5-7-11-17/h5-14,20H,4,15H2,1-3H3,(H,25,26,28). The Kier molecular flexibility index (Phi) is 7.38. The van der Waals surface area contributed by atoms with E-state index in [0.29, 0.717) is 12.3 Å². The molecule has 0 aliphatic heterocycles. The van der Waals surface area contributed by atoms with Gasteiger partial charge in [0.15, 0.2) is 11.9 Å². The van der Waals surface area contributed by atoms with Crippen LogP contribution < -0.4 is 5.32 Å². The highest BCUT2D eigenvalue weighted by Crippen LogP contribution is 2.17. The molecule has 1 unspecified atom stereocenters. The van der Waals surface area contributed by atoms with Gasteiger partial charge in [0, 0.05) is 19.7 Å². The summed E-state index contributed by atoms with van der Waals surface area (Å²) >= 11 is 0. The van der Waals surface area contributed by atoms with Gasteiger partial charge in [0.25, 0.3) is 11.8 Å². The number of carbonyl (C=O) groups excluding carboxylic acids is 3. The Morgan fingerprint density at radius 3 is 2.34 bits per heavy atom. The number of ether oxygens (including phenoxy) is 1. The summed E-state index contributed by atoms with van der Waals surface area (Å²) in [6, 6.07) is 17.5. The lowest BCUT2D eigenvalue weighted by Gasteiger charge is -2.20. The van der Waals surface area contributed by atoms with E-state index in [0.717, 1.165) is 5.56 Å². The first kappa shape index (κ1) is 22.7. The molecule has 8 heteroatoms. The Morgan fingerprint density at radius 1 is 1.06 bits per heavy atom. The number of benzene rings is 2. The van der Waals surface area contributed by atoms with Crippen LogP contribution in [0, 0.1) is 6.92 Å². The van der Waals surface area contributed by atoms with Crippen molar-refractivity contribution in [3.63, 3.8) is 0 Å². The molecule has 1 atom stereocenters. The molecule has 8 nitrogen and oxygen atoms in total. The predicted octanol–water partition coefficient (Wildman–Crippen LogP) is 3.83. The van der Waals surface area contributed by atoms with Crippen molar-refractivity contribution in [3.05, 3.63) is 83.1 Å². The minimum atomic E-state index is -1.05. The van der Waals surface area contributed by atoms with Crippen molar-refractivity contribution >= 4 is 23.6 Å². The van der Waals surface area contributed by atoms with Crippen LogP contribution in [0.4, 0.5) is 5.82 Å². The van der Waals surface area contributed by atoms with Crippen LogP contribution >= 0.6 is 0 Å². The van der Waals surface area contributed by atoms with Crippen LogP contribution in [0.25, 0.3) is 0 Å². The van der Waals surface area contributed by atoms with Crippen molar-refractivity contribution in [3.8, 4) is 0 Å². The minimum absolute atomic E-state index is 0.0981. The molecule has 3 rings (SSSR count). The quantitative estimate of drug-likeness (QED) is 0.540. The molecule has 2 amide bonds. The number of nitrogens with one attached hydrogen (secondary N) is 1. The van der Waals surface area contributed by atoms with E-state index in [1.807, 2.05) is 30.3 Å². The number of nitrogens with zero attached hydrogens (tertiary/aromatic N) is 2. The van der Waals surface area contributed by atoms with Crippen molar-refractivity contribution < 1.29 is 23.6 Å². The molecular formula is C24H25N3O5. The van der Waals surface area contributed by atoms with Gasteiger partial charge in [0.1, 0.15) is 5.76 Å². The van der Waals surface area contributed by atoms with Crippen molar-refractivity contribution in [2.75, 3.05) is 12.4 Å². The predicted molar refractivity (Wildman–Crippen MR) is 118 cm³/mol. The maximum Gasteiger partial charge on any atom is 0.339 e. The summed E-state index contributed by atoms with van der Waals surface area (Å²) in [5, 5.41) is 6.26. The molecule has 32 heavy (non-hydrogen) atoms. The van der Waals surface area contributed by atoms with Crippen LogP contribution in [0.2, 0.25) is 0 Å². The van der Waals surface area contributed by atoms with Gasteiger partial charge < -0.3 is 19.5 Å². The third kappa shape index (κ3) is 5.60. The number of anilines is 1. The lowest BCUT2D eigenvalue weighted by atomic mass is 10.1. The second-order valence-electron chi connectivity index (χ2n) is 7.31. The summed E-state index contributed by atoms with van der Waals surface area (Å²) in [6.45, 7) is 3.80. The first-order valence-electron chi connectivity index (χ1n) is 10.2. The lowest BCUT2D eigenvalue weighted by Crippen LogP contribution is -2.33.